The van der Waals surface area contributed by atoms with Crippen LogP contribution in [0.15, 0.2) is 47.8 Å². The van der Waals surface area contributed by atoms with Gasteiger partial charge in [0.15, 0.2) is 15.5 Å². The van der Waals surface area contributed by atoms with Crippen LogP contribution in [0.1, 0.15) is 28.5 Å². The first-order chi connectivity index (χ1) is 12.9. The Hall–Kier alpha value is -2.45. The number of carbonyl (C=O) groups excluding carboxylic acids is 1. The van der Waals surface area contributed by atoms with Gasteiger partial charge in [-0.25, -0.2) is 8.42 Å². The predicted molar refractivity (Wildman–Crippen MR) is 107 cm³/mol. The largest absolute Gasteiger partial charge is 0.321 e. The molecule has 1 fully saturated rings. The summed E-state index contributed by atoms with van der Waals surface area (Å²) in [6.45, 7) is 1.98. The summed E-state index contributed by atoms with van der Waals surface area (Å²) in [5.41, 5.74) is 2.87. The number of nitrogens with zero attached hydrogens (tertiary/aromatic N) is 2. The van der Waals surface area contributed by atoms with Crippen LogP contribution < -0.4 is 5.32 Å². The summed E-state index contributed by atoms with van der Waals surface area (Å²) in [6, 6.07) is 12.9. The minimum absolute atomic E-state index is 0.0616. The van der Waals surface area contributed by atoms with Gasteiger partial charge in [-0.05, 0) is 43.0 Å². The first kappa shape index (κ1) is 17.9. The Morgan fingerprint density at radius 2 is 2.04 bits per heavy atom. The molecule has 3 heterocycles. The van der Waals surface area contributed by atoms with Gasteiger partial charge in [-0.2, -0.15) is 5.10 Å². The van der Waals surface area contributed by atoms with Gasteiger partial charge < -0.3 is 5.32 Å². The van der Waals surface area contributed by atoms with E-state index in [1.165, 1.54) is 11.3 Å². The third-order valence-electron chi connectivity index (χ3n) is 4.61. The minimum Gasteiger partial charge on any atom is -0.321 e. The molecular formula is C19H19N3O3S2. The monoisotopic (exact) mass is 401 g/mol. The second-order valence-electron chi connectivity index (χ2n) is 6.71. The number of hydrogen-bond donors (Lipinski definition) is 1. The number of thiophene rings is 1. The van der Waals surface area contributed by atoms with Crippen molar-refractivity contribution in [2.45, 2.75) is 19.4 Å². The first-order valence-corrected chi connectivity index (χ1v) is 11.3. The Bertz CT molecular complexity index is 1070. The highest BCUT2D eigenvalue weighted by Gasteiger charge is 2.32. The molecule has 0 aliphatic carbocycles. The summed E-state index contributed by atoms with van der Waals surface area (Å²) >= 11 is 1.54. The minimum atomic E-state index is -3.05. The van der Waals surface area contributed by atoms with Crippen LogP contribution in [0.5, 0.6) is 0 Å². The average Bonchev–Trinajstić information content (AvgIpc) is 3.35. The predicted octanol–water partition coefficient (Wildman–Crippen LogP) is 3.53. The summed E-state index contributed by atoms with van der Waals surface area (Å²) in [6.07, 6.45) is 0.515. The van der Waals surface area contributed by atoms with Crippen LogP contribution in [0, 0.1) is 6.92 Å². The van der Waals surface area contributed by atoms with Crippen LogP contribution in [-0.2, 0) is 9.84 Å². The molecule has 1 aromatic carbocycles. The van der Waals surface area contributed by atoms with Crippen LogP contribution >= 0.6 is 11.3 Å². The molecule has 3 aromatic rings. The summed E-state index contributed by atoms with van der Waals surface area (Å²) in [7, 11) is -3.05. The number of aryl methyl sites for hydroxylation is 1. The highest BCUT2D eigenvalue weighted by atomic mass is 32.2. The van der Waals surface area contributed by atoms with E-state index in [0.717, 1.165) is 16.1 Å². The Balaban J connectivity index is 1.66. The number of aromatic nitrogens is 2. The van der Waals surface area contributed by atoms with Crippen LogP contribution in [0.3, 0.4) is 0 Å². The van der Waals surface area contributed by atoms with E-state index in [4.69, 9.17) is 0 Å². The van der Waals surface area contributed by atoms with Crippen molar-refractivity contribution in [2.24, 2.45) is 0 Å². The van der Waals surface area contributed by atoms with E-state index in [9.17, 15) is 13.2 Å². The molecule has 6 nitrogen and oxygen atoms in total. The maximum absolute atomic E-state index is 12.7. The van der Waals surface area contributed by atoms with E-state index >= 15 is 0 Å². The van der Waals surface area contributed by atoms with Gasteiger partial charge in [0.05, 0.1) is 28.1 Å². The lowest BCUT2D eigenvalue weighted by atomic mass is 10.2. The molecule has 140 valence electrons. The average molecular weight is 402 g/mol. The smallest absolute Gasteiger partial charge is 0.276 e. The Morgan fingerprint density at radius 3 is 2.67 bits per heavy atom. The van der Waals surface area contributed by atoms with Gasteiger partial charge in [-0.15, -0.1) is 11.3 Å². The van der Waals surface area contributed by atoms with Crippen molar-refractivity contribution in [1.82, 2.24) is 9.78 Å². The zero-order valence-electron chi connectivity index (χ0n) is 14.8. The highest BCUT2D eigenvalue weighted by molar-refractivity contribution is 7.91. The molecule has 0 radical (unpaired) electrons. The van der Waals surface area contributed by atoms with Crippen molar-refractivity contribution < 1.29 is 13.2 Å². The van der Waals surface area contributed by atoms with Crippen molar-refractivity contribution >= 4 is 32.8 Å². The molecule has 0 saturated carbocycles. The molecule has 1 aliphatic heterocycles. The Kier molecular flexibility index (Phi) is 4.61. The van der Waals surface area contributed by atoms with E-state index in [0.29, 0.717) is 12.1 Å². The molecular weight excluding hydrogens is 382 g/mol. The van der Waals surface area contributed by atoms with E-state index in [2.05, 4.69) is 10.4 Å². The van der Waals surface area contributed by atoms with E-state index in [-0.39, 0.29) is 29.1 Å². The van der Waals surface area contributed by atoms with Gasteiger partial charge in [-0.3, -0.25) is 9.48 Å². The van der Waals surface area contributed by atoms with Crippen LogP contribution in [-0.4, -0.2) is 35.6 Å². The second kappa shape index (κ2) is 6.94. The fraction of sp³-hybridized carbons (Fsp3) is 0.263. The SMILES string of the molecule is Cc1ccc(NC(=O)c2cc(-c3cccs3)n([C@@H]3CCS(=O)(=O)C3)n2)cc1. The first-order valence-electron chi connectivity index (χ1n) is 8.63. The summed E-state index contributed by atoms with van der Waals surface area (Å²) in [5, 5.41) is 9.27. The van der Waals surface area contributed by atoms with Gasteiger partial charge in [0, 0.05) is 5.69 Å². The summed E-state index contributed by atoms with van der Waals surface area (Å²) in [5.74, 6) is -0.0884. The molecule has 4 rings (SSSR count). The van der Waals surface area contributed by atoms with E-state index < -0.39 is 9.84 Å². The maximum atomic E-state index is 12.7. The van der Waals surface area contributed by atoms with Crippen molar-refractivity contribution in [3.05, 3.63) is 59.1 Å². The number of sulfone groups is 1. The lowest BCUT2D eigenvalue weighted by molar-refractivity contribution is 0.102. The van der Waals surface area contributed by atoms with Gasteiger partial charge in [-0.1, -0.05) is 23.8 Å². The number of rotatable bonds is 4. The van der Waals surface area contributed by atoms with Crippen LogP contribution in [0.25, 0.3) is 10.6 Å². The quantitative estimate of drug-likeness (QED) is 0.725. The van der Waals surface area contributed by atoms with Crippen LogP contribution in [0.4, 0.5) is 5.69 Å². The van der Waals surface area contributed by atoms with E-state index in [1.54, 1.807) is 10.7 Å². The van der Waals surface area contributed by atoms with Crippen molar-refractivity contribution in [3.8, 4) is 10.6 Å². The Morgan fingerprint density at radius 1 is 1.26 bits per heavy atom. The normalized spacial score (nSPS) is 18.5. The molecule has 1 saturated heterocycles. The zero-order chi connectivity index (χ0) is 19.0. The van der Waals surface area contributed by atoms with Crippen molar-refractivity contribution in [1.29, 1.82) is 0 Å². The molecule has 2 aromatic heterocycles. The molecule has 27 heavy (non-hydrogen) atoms. The highest BCUT2D eigenvalue weighted by Crippen LogP contribution is 2.32. The lowest BCUT2D eigenvalue weighted by Crippen LogP contribution is -2.16. The molecule has 0 bridgehead atoms. The van der Waals surface area contributed by atoms with Gasteiger partial charge in [0.1, 0.15) is 0 Å². The zero-order valence-corrected chi connectivity index (χ0v) is 16.4. The fourth-order valence-corrected chi connectivity index (χ4v) is 5.62. The van der Waals surface area contributed by atoms with Gasteiger partial charge >= 0.3 is 0 Å². The molecule has 1 aliphatic rings. The van der Waals surface area contributed by atoms with Crippen molar-refractivity contribution in [3.63, 3.8) is 0 Å². The van der Waals surface area contributed by atoms with Crippen LogP contribution in [0.2, 0.25) is 0 Å². The number of nitrogens with one attached hydrogen (secondary N) is 1. The van der Waals surface area contributed by atoms with Gasteiger partial charge in [0.25, 0.3) is 5.91 Å². The molecule has 0 unspecified atom stereocenters. The molecule has 8 heteroatoms. The lowest BCUT2D eigenvalue weighted by Gasteiger charge is -2.12. The number of benzene rings is 1. The number of hydrogen-bond acceptors (Lipinski definition) is 5. The topological polar surface area (TPSA) is 81.1 Å². The van der Waals surface area contributed by atoms with Gasteiger partial charge in [0.2, 0.25) is 0 Å². The number of amides is 1. The number of carbonyl (C=O) groups is 1. The second-order valence-corrected chi connectivity index (χ2v) is 9.89. The summed E-state index contributed by atoms with van der Waals surface area (Å²) in [4.78, 5) is 13.6. The van der Waals surface area contributed by atoms with Crippen molar-refractivity contribution in [2.75, 3.05) is 16.8 Å². The molecule has 1 atom stereocenters. The molecule has 1 amide bonds. The third-order valence-corrected chi connectivity index (χ3v) is 7.25. The standard InChI is InChI=1S/C19H19N3O3S2/c1-13-4-6-14(7-5-13)20-19(23)16-11-17(18-3-2-9-26-18)22(21-16)15-8-10-27(24,25)12-15/h2-7,9,11,15H,8,10,12H2,1H3,(H,20,23)/t15-/m1/s1. The Labute approximate surface area is 161 Å². The number of anilines is 1. The molecule has 0 spiro atoms. The maximum Gasteiger partial charge on any atom is 0.276 e. The fourth-order valence-electron chi connectivity index (χ4n) is 3.19. The van der Waals surface area contributed by atoms with E-state index in [1.807, 2.05) is 48.7 Å². The third kappa shape index (κ3) is 3.81. The molecule has 1 N–H and O–H groups in total. The summed E-state index contributed by atoms with van der Waals surface area (Å²) < 4.78 is 25.5.